The maximum Gasteiger partial charge on any atom is 0.179 e. The van der Waals surface area contributed by atoms with Crippen molar-refractivity contribution in [2.45, 2.75) is 20.4 Å². The molecule has 0 amide bonds. The number of hydrogen-bond donors (Lipinski definition) is 0. The fraction of sp³-hybridized carbons (Fsp3) is 0.250. The van der Waals surface area contributed by atoms with Crippen LogP contribution in [0.3, 0.4) is 0 Å². The highest BCUT2D eigenvalue weighted by Gasteiger charge is 2.14. The van der Waals surface area contributed by atoms with E-state index < -0.39 is 0 Å². The Morgan fingerprint density at radius 1 is 1.35 bits per heavy atom. The molecule has 1 aromatic heterocycles. The number of hydrogen-bond acceptors (Lipinski definition) is 2. The standard InChI is InChI=1S/C16H15ClN2O/c1-11-6-15(16(20)8-17)12(2)19(11)10-14-5-3-4-13(7-14)9-18/h3-7H,8,10H2,1-2H3. The lowest BCUT2D eigenvalue weighted by molar-refractivity contribution is 0.102. The summed E-state index contributed by atoms with van der Waals surface area (Å²) in [6, 6.07) is 11.5. The molecule has 0 aliphatic heterocycles. The van der Waals surface area contributed by atoms with Gasteiger partial charge in [-0.3, -0.25) is 4.79 Å². The lowest BCUT2D eigenvalue weighted by Crippen LogP contribution is -2.07. The number of ketones is 1. The molecule has 4 heteroatoms. The number of Topliss-reactive ketones (excluding diaryl/α,β-unsaturated/α-hetero) is 1. The van der Waals surface area contributed by atoms with Crippen LogP contribution in [0.25, 0.3) is 0 Å². The van der Waals surface area contributed by atoms with Gasteiger partial charge in [0.2, 0.25) is 0 Å². The smallest absolute Gasteiger partial charge is 0.179 e. The zero-order chi connectivity index (χ0) is 14.7. The molecule has 1 heterocycles. The first-order chi connectivity index (χ1) is 9.56. The van der Waals surface area contributed by atoms with Gasteiger partial charge < -0.3 is 4.57 Å². The zero-order valence-electron chi connectivity index (χ0n) is 11.5. The molecule has 0 aliphatic carbocycles. The Morgan fingerprint density at radius 3 is 2.75 bits per heavy atom. The Bertz CT molecular complexity index is 695. The molecule has 0 unspecified atom stereocenters. The molecule has 102 valence electrons. The fourth-order valence-corrected chi connectivity index (χ4v) is 2.46. The Morgan fingerprint density at radius 2 is 2.10 bits per heavy atom. The van der Waals surface area contributed by atoms with E-state index in [4.69, 9.17) is 16.9 Å². The molecule has 1 aromatic carbocycles. The molecule has 0 fully saturated rings. The van der Waals surface area contributed by atoms with E-state index in [9.17, 15) is 4.79 Å². The van der Waals surface area contributed by atoms with E-state index in [1.807, 2.05) is 38.1 Å². The van der Waals surface area contributed by atoms with Gasteiger partial charge in [0.1, 0.15) is 0 Å². The Hall–Kier alpha value is -2.05. The van der Waals surface area contributed by atoms with E-state index in [0.717, 1.165) is 17.0 Å². The molecule has 3 nitrogen and oxygen atoms in total. The van der Waals surface area contributed by atoms with Gasteiger partial charge in [-0.05, 0) is 37.6 Å². The molecule has 0 atom stereocenters. The topological polar surface area (TPSA) is 45.8 Å². The number of aromatic nitrogens is 1. The van der Waals surface area contributed by atoms with Gasteiger partial charge in [-0.15, -0.1) is 11.6 Å². The fourth-order valence-electron chi connectivity index (χ4n) is 2.32. The van der Waals surface area contributed by atoms with Crippen LogP contribution in [0.15, 0.2) is 30.3 Å². The van der Waals surface area contributed by atoms with Crippen molar-refractivity contribution in [1.82, 2.24) is 4.57 Å². The molecular weight excluding hydrogens is 272 g/mol. The average molecular weight is 287 g/mol. The van der Waals surface area contributed by atoms with Gasteiger partial charge in [0.05, 0.1) is 17.5 Å². The van der Waals surface area contributed by atoms with E-state index >= 15 is 0 Å². The minimum Gasteiger partial charge on any atom is -0.344 e. The van der Waals surface area contributed by atoms with Gasteiger partial charge in [-0.25, -0.2) is 0 Å². The summed E-state index contributed by atoms with van der Waals surface area (Å²) in [5.41, 5.74) is 4.28. The van der Waals surface area contributed by atoms with Crippen molar-refractivity contribution in [3.63, 3.8) is 0 Å². The van der Waals surface area contributed by atoms with Crippen molar-refractivity contribution in [2.75, 3.05) is 5.88 Å². The first-order valence-corrected chi connectivity index (χ1v) is 6.85. The third kappa shape index (κ3) is 2.76. The van der Waals surface area contributed by atoms with Gasteiger partial charge in [-0.1, -0.05) is 12.1 Å². The summed E-state index contributed by atoms with van der Waals surface area (Å²) in [7, 11) is 0. The van der Waals surface area contributed by atoms with Crippen LogP contribution in [-0.4, -0.2) is 16.2 Å². The average Bonchev–Trinajstić information content (AvgIpc) is 2.75. The Kier molecular flexibility index (Phi) is 4.26. The van der Waals surface area contributed by atoms with Gasteiger partial charge in [-0.2, -0.15) is 5.26 Å². The number of aryl methyl sites for hydroxylation is 1. The third-order valence-electron chi connectivity index (χ3n) is 3.39. The molecule has 0 saturated heterocycles. The van der Waals surface area contributed by atoms with E-state index in [2.05, 4.69) is 10.6 Å². The van der Waals surface area contributed by atoms with Crippen LogP contribution >= 0.6 is 11.6 Å². The molecule has 0 N–H and O–H groups in total. The van der Waals surface area contributed by atoms with Gasteiger partial charge in [0, 0.05) is 23.5 Å². The minimum atomic E-state index is -0.0585. The lowest BCUT2D eigenvalue weighted by Gasteiger charge is -2.10. The maximum atomic E-state index is 11.8. The van der Waals surface area contributed by atoms with Crippen LogP contribution in [0.1, 0.15) is 32.9 Å². The van der Waals surface area contributed by atoms with Crippen LogP contribution in [0.2, 0.25) is 0 Å². The molecule has 2 aromatic rings. The van der Waals surface area contributed by atoms with Gasteiger partial charge in [0.25, 0.3) is 0 Å². The van der Waals surface area contributed by atoms with E-state index in [1.165, 1.54) is 0 Å². The number of carbonyl (C=O) groups excluding carboxylic acids is 1. The van der Waals surface area contributed by atoms with Crippen molar-refractivity contribution < 1.29 is 4.79 Å². The molecule has 0 bridgehead atoms. The largest absolute Gasteiger partial charge is 0.344 e. The van der Waals surface area contributed by atoms with Crippen molar-refractivity contribution in [3.8, 4) is 6.07 Å². The van der Waals surface area contributed by atoms with E-state index in [1.54, 1.807) is 6.07 Å². The first-order valence-electron chi connectivity index (χ1n) is 6.31. The number of alkyl halides is 1. The van der Waals surface area contributed by atoms with Crippen LogP contribution in [-0.2, 0) is 6.54 Å². The Labute approximate surface area is 123 Å². The normalized spacial score (nSPS) is 10.3. The highest BCUT2D eigenvalue weighted by atomic mass is 35.5. The minimum absolute atomic E-state index is 0.00574. The summed E-state index contributed by atoms with van der Waals surface area (Å²) >= 11 is 5.63. The second-order valence-electron chi connectivity index (χ2n) is 4.74. The summed E-state index contributed by atoms with van der Waals surface area (Å²) in [5.74, 6) is -0.0643. The second-order valence-corrected chi connectivity index (χ2v) is 5.01. The van der Waals surface area contributed by atoms with Crippen molar-refractivity contribution >= 4 is 17.4 Å². The van der Waals surface area contributed by atoms with Crippen LogP contribution in [0, 0.1) is 25.2 Å². The number of rotatable bonds is 4. The van der Waals surface area contributed by atoms with Crippen molar-refractivity contribution in [1.29, 1.82) is 5.26 Å². The van der Waals surface area contributed by atoms with Crippen molar-refractivity contribution in [2.24, 2.45) is 0 Å². The molecule has 0 saturated carbocycles. The highest BCUT2D eigenvalue weighted by molar-refractivity contribution is 6.30. The molecule has 0 radical (unpaired) electrons. The van der Waals surface area contributed by atoms with Gasteiger partial charge >= 0.3 is 0 Å². The van der Waals surface area contributed by atoms with E-state index in [-0.39, 0.29) is 11.7 Å². The number of benzene rings is 1. The highest BCUT2D eigenvalue weighted by Crippen LogP contribution is 2.18. The molecule has 0 aliphatic rings. The van der Waals surface area contributed by atoms with E-state index in [0.29, 0.717) is 17.7 Å². The van der Waals surface area contributed by atoms with Crippen LogP contribution in [0.4, 0.5) is 0 Å². The molecule has 0 spiro atoms. The number of halogens is 1. The van der Waals surface area contributed by atoms with Crippen LogP contribution < -0.4 is 0 Å². The molecular formula is C16H15ClN2O. The second kappa shape index (κ2) is 5.94. The Balaban J connectivity index is 2.37. The summed E-state index contributed by atoms with van der Waals surface area (Å²) in [4.78, 5) is 11.8. The summed E-state index contributed by atoms with van der Waals surface area (Å²) in [6.45, 7) is 4.52. The predicted molar refractivity (Wildman–Crippen MR) is 79.2 cm³/mol. The number of nitriles is 1. The van der Waals surface area contributed by atoms with Crippen LogP contribution in [0.5, 0.6) is 0 Å². The van der Waals surface area contributed by atoms with Crippen molar-refractivity contribution in [3.05, 3.63) is 58.4 Å². The first kappa shape index (κ1) is 14.4. The quantitative estimate of drug-likeness (QED) is 0.638. The summed E-state index contributed by atoms with van der Waals surface area (Å²) < 4.78 is 2.07. The molecule has 2 rings (SSSR count). The third-order valence-corrected chi connectivity index (χ3v) is 3.63. The predicted octanol–water partition coefficient (Wildman–Crippen LogP) is 3.45. The number of nitrogens with zero attached hydrogens (tertiary/aromatic N) is 2. The monoisotopic (exact) mass is 286 g/mol. The molecule has 20 heavy (non-hydrogen) atoms. The lowest BCUT2D eigenvalue weighted by atomic mass is 10.1. The SMILES string of the molecule is Cc1cc(C(=O)CCl)c(C)n1Cc1cccc(C#N)c1. The zero-order valence-corrected chi connectivity index (χ0v) is 12.2. The number of carbonyl (C=O) groups is 1. The summed E-state index contributed by atoms with van der Waals surface area (Å²) in [5, 5.41) is 8.93. The van der Waals surface area contributed by atoms with Gasteiger partial charge in [0.15, 0.2) is 5.78 Å². The maximum absolute atomic E-state index is 11.8. The summed E-state index contributed by atoms with van der Waals surface area (Å²) in [6.07, 6.45) is 0.